The normalized spacial score (nSPS) is 11.7. The smallest absolute Gasteiger partial charge is 0.170 e. The van der Waals surface area contributed by atoms with Gasteiger partial charge in [-0.1, -0.05) is 158 Å². The van der Waals surface area contributed by atoms with Gasteiger partial charge in [0, 0.05) is 12.1 Å². The van der Waals surface area contributed by atoms with Crippen molar-refractivity contribution in [1.82, 2.24) is 0 Å². The minimum atomic E-state index is -1.28. The van der Waals surface area contributed by atoms with Crippen molar-refractivity contribution in [3.05, 3.63) is 242 Å². The Morgan fingerprint density at radius 1 is 0.345 bits per heavy atom. The average Bonchev–Trinajstić information content (AvgIpc) is 3.30. The SMILES string of the molecule is NC(c1ccccc1)C(N)c1ccccc1.[Cl][Ru+2][Cl].c1ccc([PH+](c2ccccc2)c2ccccc2Oc2ccccc2[PH+](c2ccccc2)c2ccccc2)cc1. The van der Waals surface area contributed by atoms with Crippen LogP contribution in [0.3, 0.4) is 0 Å². The molecule has 0 aliphatic carbocycles. The average molecular weight is 925 g/mol. The van der Waals surface area contributed by atoms with Crippen molar-refractivity contribution in [1.29, 1.82) is 0 Å². The number of halogens is 2. The summed E-state index contributed by atoms with van der Waals surface area (Å²) in [4.78, 5) is 0. The molecule has 0 saturated carbocycles. The monoisotopic (exact) mass is 924 g/mol. The summed E-state index contributed by atoms with van der Waals surface area (Å²) < 4.78 is 6.94. The summed E-state index contributed by atoms with van der Waals surface area (Å²) in [7, 11) is 7.15. The summed E-state index contributed by atoms with van der Waals surface area (Å²) in [6, 6.07) is 80.1. The van der Waals surface area contributed by atoms with Gasteiger partial charge in [-0.2, -0.15) is 0 Å². The van der Waals surface area contributed by atoms with E-state index in [9.17, 15) is 0 Å². The van der Waals surface area contributed by atoms with Crippen molar-refractivity contribution in [2.75, 3.05) is 0 Å². The zero-order chi connectivity index (χ0) is 40.4. The van der Waals surface area contributed by atoms with Crippen LogP contribution in [0.25, 0.3) is 0 Å². The van der Waals surface area contributed by atoms with Gasteiger partial charge in [-0.15, -0.1) is 0 Å². The van der Waals surface area contributed by atoms with Crippen LogP contribution in [0.2, 0.25) is 0 Å². The van der Waals surface area contributed by atoms with Gasteiger partial charge in [0.15, 0.2) is 11.5 Å². The van der Waals surface area contributed by atoms with Gasteiger partial charge in [-0.3, -0.25) is 0 Å². The standard InChI is InChI=1S/C36H28OP2.C14H16N2.2ClH.Ru/c1-5-17-29(18-6-1)38(30-19-7-2-8-20-30)35-27-15-13-25-33(35)37-34-26-14-16-28-36(34)39(31-21-9-3-10-22-31)32-23-11-4-12-24-32;15-13(11-7-3-1-4-8-11)14(16)12-9-5-2-6-10-12;;;/h1-28H;1-10,13-14H,15-16H2;2*1H;/q;;;;+4. The fourth-order valence-electron chi connectivity index (χ4n) is 6.78. The van der Waals surface area contributed by atoms with Crippen molar-refractivity contribution in [3.63, 3.8) is 0 Å². The van der Waals surface area contributed by atoms with Gasteiger partial charge in [0.2, 0.25) is 0 Å². The molecule has 0 aliphatic heterocycles. The summed E-state index contributed by atoms with van der Waals surface area (Å²) in [5.41, 5.74) is 14.4. The van der Waals surface area contributed by atoms with Gasteiger partial charge in [0.1, 0.15) is 47.7 Å². The second-order valence-electron chi connectivity index (χ2n) is 13.2. The van der Waals surface area contributed by atoms with Crippen LogP contribution in [0.1, 0.15) is 23.2 Å². The Hall–Kier alpha value is -4.46. The van der Waals surface area contributed by atoms with Crippen molar-refractivity contribution >= 4 is 67.1 Å². The molecule has 4 N–H and O–H groups in total. The quantitative estimate of drug-likeness (QED) is 0.100. The molecule has 8 rings (SSSR count). The molecule has 3 nitrogen and oxygen atoms in total. The van der Waals surface area contributed by atoms with Crippen molar-refractivity contribution in [2.24, 2.45) is 11.5 Å². The van der Waals surface area contributed by atoms with Gasteiger partial charge in [-0.25, -0.2) is 0 Å². The van der Waals surface area contributed by atoms with Crippen molar-refractivity contribution in [3.8, 4) is 11.5 Å². The maximum atomic E-state index is 6.94. The zero-order valence-electron chi connectivity index (χ0n) is 31.8. The molecule has 2 atom stereocenters. The van der Waals surface area contributed by atoms with E-state index in [1.807, 2.05) is 60.7 Å². The second kappa shape index (κ2) is 23.2. The summed E-state index contributed by atoms with van der Waals surface area (Å²) >= 11 is -0.346. The first-order valence-corrected chi connectivity index (χ1v) is 26.3. The predicted molar refractivity (Wildman–Crippen MR) is 252 cm³/mol. The summed E-state index contributed by atoms with van der Waals surface area (Å²) in [5.74, 6) is 1.85. The minimum Gasteiger partial charge on any atom is -0.449 e. The van der Waals surface area contributed by atoms with E-state index in [0.717, 1.165) is 22.6 Å². The Morgan fingerprint density at radius 3 is 0.845 bits per heavy atom. The first kappa shape index (κ1) is 43.1. The van der Waals surface area contributed by atoms with E-state index in [1.165, 1.54) is 31.8 Å². The molecule has 8 aromatic carbocycles. The topological polar surface area (TPSA) is 61.3 Å². The van der Waals surface area contributed by atoms with E-state index in [-0.39, 0.29) is 27.2 Å². The third-order valence-electron chi connectivity index (χ3n) is 9.54. The van der Waals surface area contributed by atoms with Crippen LogP contribution in [0.5, 0.6) is 11.5 Å². The summed E-state index contributed by atoms with van der Waals surface area (Å²) in [6.07, 6.45) is 0. The van der Waals surface area contributed by atoms with E-state index in [2.05, 4.69) is 170 Å². The predicted octanol–water partition coefficient (Wildman–Crippen LogP) is 10.2. The van der Waals surface area contributed by atoms with Gasteiger partial charge < -0.3 is 16.2 Å². The molecule has 0 bridgehead atoms. The van der Waals surface area contributed by atoms with Crippen LogP contribution in [-0.2, 0) is 15.1 Å². The second-order valence-corrected chi connectivity index (χ2v) is 20.8. The van der Waals surface area contributed by atoms with E-state index >= 15 is 0 Å². The van der Waals surface area contributed by atoms with Crippen LogP contribution >= 0.6 is 35.2 Å². The maximum absolute atomic E-state index is 6.94. The zero-order valence-corrected chi connectivity index (χ0v) is 37.0. The van der Waals surface area contributed by atoms with Gasteiger partial charge in [0.25, 0.3) is 0 Å². The molecule has 0 aliphatic rings. The van der Waals surface area contributed by atoms with Gasteiger partial charge >= 0.3 is 34.5 Å². The van der Waals surface area contributed by atoms with E-state index in [0.29, 0.717) is 0 Å². The number of hydrogen-bond donors (Lipinski definition) is 2. The Balaban J connectivity index is 0.000000248. The molecular formula is C50H46Cl2N2OP2Ru+4. The molecule has 290 valence electrons. The molecule has 8 heteroatoms. The number of hydrogen-bond acceptors (Lipinski definition) is 3. The van der Waals surface area contributed by atoms with Crippen molar-refractivity contribution < 1.29 is 19.9 Å². The van der Waals surface area contributed by atoms with Crippen LogP contribution in [0.15, 0.2) is 231 Å². The number of ether oxygens (including phenoxy) is 1. The Labute approximate surface area is 361 Å². The maximum Gasteiger partial charge on any atom is 0.170 e. The van der Waals surface area contributed by atoms with Crippen LogP contribution in [0, 0.1) is 0 Å². The fraction of sp³-hybridized carbons (Fsp3) is 0.0400. The molecule has 0 fully saturated rings. The van der Waals surface area contributed by atoms with Crippen molar-refractivity contribution in [2.45, 2.75) is 12.1 Å². The molecular weight excluding hydrogens is 878 g/mol. The molecule has 0 radical (unpaired) electrons. The van der Waals surface area contributed by atoms with Crippen LogP contribution in [0.4, 0.5) is 0 Å². The Bertz CT molecular complexity index is 2120. The third-order valence-corrected chi connectivity index (χ3v) is 15.1. The van der Waals surface area contributed by atoms with Crippen LogP contribution in [-0.4, -0.2) is 0 Å². The molecule has 0 saturated heterocycles. The molecule has 58 heavy (non-hydrogen) atoms. The first-order valence-electron chi connectivity index (χ1n) is 18.9. The Kier molecular flexibility index (Phi) is 17.3. The van der Waals surface area contributed by atoms with Crippen LogP contribution < -0.4 is 48.0 Å². The molecule has 0 spiro atoms. The number of benzene rings is 8. The minimum absolute atomic E-state index is 0.163. The van der Waals surface area contributed by atoms with E-state index in [4.69, 9.17) is 35.6 Å². The number of nitrogens with two attached hydrogens (primary N) is 2. The third kappa shape index (κ3) is 11.8. The Morgan fingerprint density at radius 2 is 0.569 bits per heavy atom. The number of rotatable bonds is 11. The van der Waals surface area contributed by atoms with E-state index in [1.54, 1.807) is 0 Å². The van der Waals surface area contributed by atoms with Gasteiger partial charge in [0.05, 0.1) is 0 Å². The van der Waals surface area contributed by atoms with E-state index < -0.39 is 15.8 Å². The molecule has 2 unspecified atom stereocenters. The first-order chi connectivity index (χ1) is 28.6. The molecule has 0 aromatic heterocycles. The molecule has 8 aromatic rings. The molecule has 0 heterocycles. The largest absolute Gasteiger partial charge is 0.449 e. The fourth-order valence-corrected chi connectivity index (χ4v) is 12.1. The number of para-hydroxylation sites is 2. The summed E-state index contributed by atoms with van der Waals surface area (Å²) in [6.45, 7) is 0. The molecule has 0 amide bonds. The van der Waals surface area contributed by atoms with Gasteiger partial charge in [-0.05, 0) is 83.9 Å². The summed E-state index contributed by atoms with van der Waals surface area (Å²) in [5, 5.41) is 7.88.